The summed E-state index contributed by atoms with van der Waals surface area (Å²) in [5.74, 6) is 0.308. The molecule has 2 atom stereocenters. The molecule has 0 saturated carbocycles. The number of hydrogen-bond acceptors (Lipinski definition) is 2. The molecule has 0 bridgehead atoms. The van der Waals surface area contributed by atoms with E-state index in [4.69, 9.17) is 0 Å². The Morgan fingerprint density at radius 2 is 2.00 bits per heavy atom. The zero-order valence-electron chi connectivity index (χ0n) is 10.4. The average Bonchev–Trinajstić information content (AvgIpc) is 2.35. The molecule has 90 valence electrons. The van der Waals surface area contributed by atoms with Gasteiger partial charge >= 0.3 is 0 Å². The van der Waals surface area contributed by atoms with Gasteiger partial charge in [-0.2, -0.15) is 0 Å². The Morgan fingerprint density at radius 3 is 2.71 bits per heavy atom. The fourth-order valence-corrected chi connectivity index (χ4v) is 2.27. The van der Waals surface area contributed by atoms with Gasteiger partial charge in [0.15, 0.2) is 0 Å². The summed E-state index contributed by atoms with van der Waals surface area (Å²) in [5, 5.41) is 10.9. The molecule has 2 heteroatoms. The molecule has 0 aliphatic rings. The molecule has 2 rings (SSSR count). The maximum Gasteiger partial charge on any atom is 0.0734 e. The van der Waals surface area contributed by atoms with Crippen molar-refractivity contribution in [2.75, 3.05) is 0 Å². The lowest BCUT2D eigenvalue weighted by atomic mass is 9.91. The molecule has 1 N–H and O–H groups in total. The fourth-order valence-electron chi connectivity index (χ4n) is 2.27. The number of fused-ring (bicyclic) bond motifs is 1. The van der Waals surface area contributed by atoms with Gasteiger partial charge in [0, 0.05) is 11.6 Å². The number of aromatic nitrogens is 1. The first-order chi connectivity index (χ1) is 8.22. The van der Waals surface area contributed by atoms with Gasteiger partial charge in [0.05, 0.1) is 11.6 Å². The molecular formula is C15H19NO. The Bertz CT molecular complexity index is 488. The fraction of sp³-hybridized carbons (Fsp3) is 0.400. The van der Waals surface area contributed by atoms with E-state index in [-0.39, 0.29) is 6.10 Å². The van der Waals surface area contributed by atoms with Crippen molar-refractivity contribution in [3.63, 3.8) is 0 Å². The highest BCUT2D eigenvalue weighted by Crippen LogP contribution is 2.22. The van der Waals surface area contributed by atoms with Crippen LogP contribution in [0.2, 0.25) is 0 Å². The van der Waals surface area contributed by atoms with Crippen LogP contribution in [0.5, 0.6) is 0 Å². The number of para-hydroxylation sites is 1. The molecule has 1 aromatic heterocycles. The normalized spacial score (nSPS) is 14.8. The number of nitrogens with zero attached hydrogens (tertiary/aromatic N) is 1. The molecule has 1 heterocycles. The largest absolute Gasteiger partial charge is 0.393 e. The molecule has 0 spiro atoms. The van der Waals surface area contributed by atoms with Gasteiger partial charge in [0.25, 0.3) is 0 Å². The van der Waals surface area contributed by atoms with Crippen molar-refractivity contribution in [2.24, 2.45) is 5.92 Å². The lowest BCUT2D eigenvalue weighted by Crippen LogP contribution is -2.18. The van der Waals surface area contributed by atoms with E-state index in [1.54, 1.807) is 0 Å². The van der Waals surface area contributed by atoms with E-state index in [2.05, 4.69) is 36.2 Å². The minimum Gasteiger partial charge on any atom is -0.393 e. The molecule has 1 aromatic carbocycles. The minimum atomic E-state index is -0.265. The third-order valence-corrected chi connectivity index (χ3v) is 3.40. The molecule has 0 fully saturated rings. The summed E-state index contributed by atoms with van der Waals surface area (Å²) in [4.78, 5) is 4.45. The van der Waals surface area contributed by atoms with Crippen molar-refractivity contribution >= 4 is 10.9 Å². The van der Waals surface area contributed by atoms with Crippen LogP contribution in [0.4, 0.5) is 0 Å². The van der Waals surface area contributed by atoms with Crippen LogP contribution in [-0.2, 0) is 6.42 Å². The number of hydrogen-bond donors (Lipinski definition) is 1. The molecular weight excluding hydrogens is 210 g/mol. The smallest absolute Gasteiger partial charge is 0.0734 e. The summed E-state index contributed by atoms with van der Waals surface area (Å²) in [6, 6.07) is 10.3. The van der Waals surface area contributed by atoms with E-state index in [0.29, 0.717) is 5.92 Å². The summed E-state index contributed by atoms with van der Waals surface area (Å²) in [6.45, 7) is 3.99. The molecule has 0 radical (unpaired) electrons. The summed E-state index contributed by atoms with van der Waals surface area (Å²) in [5.41, 5.74) is 2.30. The average molecular weight is 229 g/mol. The maximum atomic E-state index is 9.73. The summed E-state index contributed by atoms with van der Waals surface area (Å²) in [6.07, 6.45) is 3.44. The highest BCUT2D eigenvalue weighted by Gasteiger charge is 2.14. The van der Waals surface area contributed by atoms with Crippen LogP contribution in [0, 0.1) is 5.92 Å². The standard InChI is InChI=1S/C15H19NO/c1-3-12(11(2)17)10-14-7-4-6-13-8-5-9-16-15(13)14/h4-9,11-12,17H,3,10H2,1-2H3. The van der Waals surface area contributed by atoms with Crippen molar-refractivity contribution < 1.29 is 5.11 Å². The van der Waals surface area contributed by atoms with E-state index >= 15 is 0 Å². The van der Waals surface area contributed by atoms with Crippen molar-refractivity contribution in [2.45, 2.75) is 32.8 Å². The Hall–Kier alpha value is -1.41. The van der Waals surface area contributed by atoms with Crippen LogP contribution in [-0.4, -0.2) is 16.2 Å². The summed E-state index contributed by atoms with van der Waals surface area (Å²) >= 11 is 0. The molecule has 0 saturated heterocycles. The van der Waals surface area contributed by atoms with Crippen LogP contribution in [0.25, 0.3) is 10.9 Å². The van der Waals surface area contributed by atoms with Crippen LogP contribution in [0.15, 0.2) is 36.5 Å². The van der Waals surface area contributed by atoms with Crippen LogP contribution < -0.4 is 0 Å². The number of rotatable bonds is 4. The van der Waals surface area contributed by atoms with Crippen molar-refractivity contribution in [3.05, 3.63) is 42.1 Å². The Kier molecular flexibility index (Phi) is 3.75. The van der Waals surface area contributed by atoms with Gasteiger partial charge in [-0.25, -0.2) is 0 Å². The molecule has 2 aromatic rings. The SMILES string of the molecule is CCC(Cc1cccc2cccnc12)C(C)O. The lowest BCUT2D eigenvalue weighted by Gasteiger charge is -2.18. The number of aliphatic hydroxyl groups excluding tert-OH is 1. The first kappa shape index (κ1) is 12.1. The summed E-state index contributed by atoms with van der Waals surface area (Å²) < 4.78 is 0. The van der Waals surface area contributed by atoms with E-state index in [0.717, 1.165) is 18.4 Å². The monoisotopic (exact) mass is 229 g/mol. The Balaban J connectivity index is 2.35. The number of pyridine rings is 1. The van der Waals surface area contributed by atoms with Gasteiger partial charge in [-0.1, -0.05) is 37.6 Å². The zero-order valence-corrected chi connectivity index (χ0v) is 10.4. The number of aliphatic hydroxyl groups is 1. The van der Waals surface area contributed by atoms with Gasteiger partial charge in [0.2, 0.25) is 0 Å². The van der Waals surface area contributed by atoms with Crippen LogP contribution >= 0.6 is 0 Å². The van der Waals surface area contributed by atoms with Crippen molar-refractivity contribution in [1.82, 2.24) is 4.98 Å². The van der Waals surface area contributed by atoms with Crippen molar-refractivity contribution in [3.8, 4) is 0 Å². The molecule has 0 aliphatic heterocycles. The number of benzene rings is 1. The van der Waals surface area contributed by atoms with Crippen molar-refractivity contribution in [1.29, 1.82) is 0 Å². The van der Waals surface area contributed by atoms with E-state index in [1.165, 1.54) is 10.9 Å². The van der Waals surface area contributed by atoms with Gasteiger partial charge < -0.3 is 5.11 Å². The Morgan fingerprint density at radius 1 is 1.24 bits per heavy atom. The predicted molar refractivity (Wildman–Crippen MR) is 70.9 cm³/mol. The third kappa shape index (κ3) is 2.64. The lowest BCUT2D eigenvalue weighted by molar-refractivity contribution is 0.123. The summed E-state index contributed by atoms with van der Waals surface area (Å²) in [7, 11) is 0. The third-order valence-electron chi connectivity index (χ3n) is 3.40. The van der Waals surface area contributed by atoms with E-state index in [9.17, 15) is 5.11 Å². The van der Waals surface area contributed by atoms with Gasteiger partial charge in [0.1, 0.15) is 0 Å². The minimum absolute atomic E-state index is 0.265. The van der Waals surface area contributed by atoms with E-state index < -0.39 is 0 Å². The molecule has 2 nitrogen and oxygen atoms in total. The van der Waals surface area contributed by atoms with Crippen LogP contribution in [0.1, 0.15) is 25.8 Å². The topological polar surface area (TPSA) is 33.1 Å². The Labute approximate surface area is 102 Å². The first-order valence-corrected chi connectivity index (χ1v) is 6.23. The zero-order chi connectivity index (χ0) is 12.3. The second kappa shape index (κ2) is 5.28. The predicted octanol–water partition coefficient (Wildman–Crippen LogP) is 3.18. The van der Waals surface area contributed by atoms with E-state index in [1.807, 2.05) is 19.2 Å². The molecule has 0 amide bonds. The van der Waals surface area contributed by atoms with Gasteiger partial charge in [-0.05, 0) is 30.9 Å². The maximum absolute atomic E-state index is 9.73. The molecule has 0 aliphatic carbocycles. The molecule has 17 heavy (non-hydrogen) atoms. The van der Waals surface area contributed by atoms with Gasteiger partial charge in [-0.3, -0.25) is 4.98 Å². The van der Waals surface area contributed by atoms with Crippen LogP contribution in [0.3, 0.4) is 0 Å². The highest BCUT2D eigenvalue weighted by atomic mass is 16.3. The second-order valence-corrected chi connectivity index (χ2v) is 4.61. The second-order valence-electron chi connectivity index (χ2n) is 4.61. The molecule has 2 unspecified atom stereocenters. The quantitative estimate of drug-likeness (QED) is 0.873. The first-order valence-electron chi connectivity index (χ1n) is 6.23. The van der Waals surface area contributed by atoms with Gasteiger partial charge in [-0.15, -0.1) is 0 Å². The highest BCUT2D eigenvalue weighted by molar-refractivity contribution is 5.81.